The average molecular weight is 935 g/mol. The minimum atomic E-state index is -0.0179. The molecule has 0 aliphatic rings. The lowest BCUT2D eigenvalue weighted by atomic mass is 9.94. The van der Waals surface area contributed by atoms with Crippen molar-refractivity contribution in [2.75, 3.05) is 33.9 Å². The van der Waals surface area contributed by atoms with Gasteiger partial charge in [0.2, 0.25) is 0 Å². The van der Waals surface area contributed by atoms with E-state index in [9.17, 15) is 14.4 Å². The van der Waals surface area contributed by atoms with Crippen molar-refractivity contribution >= 4 is 17.9 Å². The van der Waals surface area contributed by atoms with E-state index in [1.54, 1.807) is 0 Å². The first-order valence-electron chi connectivity index (χ1n) is 29.5. The number of rotatable bonds is 53. The Hall–Kier alpha value is -1.63. The summed E-state index contributed by atoms with van der Waals surface area (Å²) in [5, 5.41) is 0. The third-order valence-electron chi connectivity index (χ3n) is 13.9. The summed E-state index contributed by atoms with van der Waals surface area (Å²) in [6, 6.07) is 0. The summed E-state index contributed by atoms with van der Waals surface area (Å²) in [7, 11) is 4.16. The van der Waals surface area contributed by atoms with Gasteiger partial charge in [0.25, 0.3) is 0 Å². The largest absolute Gasteiger partial charge is 0.465 e. The SMILES string of the molecule is CCCCCCCCC(CCCCCC)C(=O)OCCCCCCCCCCC(CCCCCCCCCOC(=O)C(CCCCCC)CCCCCCCC)OC(=O)CCCCN(C)C. The molecule has 0 aliphatic heterocycles. The molecule has 0 aromatic heterocycles. The molecule has 0 spiro atoms. The molecule has 0 heterocycles. The van der Waals surface area contributed by atoms with Gasteiger partial charge in [-0.1, -0.05) is 227 Å². The molecule has 0 N–H and O–H groups in total. The fourth-order valence-corrected chi connectivity index (χ4v) is 9.42. The maximum absolute atomic E-state index is 13.0. The molecule has 0 aromatic carbocycles. The Bertz CT molecular complexity index is 1030. The quantitative estimate of drug-likeness (QED) is 0.0341. The van der Waals surface area contributed by atoms with Gasteiger partial charge < -0.3 is 19.1 Å². The van der Waals surface area contributed by atoms with Crippen molar-refractivity contribution in [2.45, 2.75) is 316 Å². The Labute approximate surface area is 411 Å². The van der Waals surface area contributed by atoms with Crippen molar-refractivity contribution in [1.29, 1.82) is 0 Å². The zero-order valence-electron chi connectivity index (χ0n) is 45.4. The number of nitrogens with zero attached hydrogens (tertiary/aromatic N) is 1. The Kier molecular flexibility index (Phi) is 50.0. The Morgan fingerprint density at radius 3 is 0.970 bits per heavy atom. The first-order chi connectivity index (χ1) is 32.3. The molecule has 0 rings (SSSR count). The second-order valence-corrected chi connectivity index (χ2v) is 20.8. The maximum atomic E-state index is 13.0. The lowest BCUT2D eigenvalue weighted by molar-refractivity contribution is -0.150. The smallest absolute Gasteiger partial charge is 0.308 e. The van der Waals surface area contributed by atoms with Gasteiger partial charge in [-0.3, -0.25) is 14.4 Å². The molecule has 392 valence electrons. The Balaban J connectivity index is 4.42. The molecule has 0 saturated carbocycles. The molecule has 0 fully saturated rings. The van der Waals surface area contributed by atoms with Crippen LogP contribution in [-0.4, -0.2) is 62.8 Å². The molecule has 0 amide bonds. The van der Waals surface area contributed by atoms with Crippen LogP contribution in [0.4, 0.5) is 0 Å². The minimum absolute atomic E-state index is 0.0179. The molecule has 0 bridgehead atoms. The molecule has 66 heavy (non-hydrogen) atoms. The topological polar surface area (TPSA) is 82.1 Å². The first-order valence-corrected chi connectivity index (χ1v) is 29.5. The van der Waals surface area contributed by atoms with Gasteiger partial charge in [-0.25, -0.2) is 0 Å². The van der Waals surface area contributed by atoms with Crippen LogP contribution < -0.4 is 0 Å². The van der Waals surface area contributed by atoms with Crippen molar-refractivity contribution in [1.82, 2.24) is 4.90 Å². The van der Waals surface area contributed by atoms with Gasteiger partial charge in [-0.05, 0) is 97.7 Å². The lowest BCUT2D eigenvalue weighted by Gasteiger charge is -2.18. The number of hydrogen-bond donors (Lipinski definition) is 0. The number of ether oxygens (including phenoxy) is 3. The van der Waals surface area contributed by atoms with Crippen molar-refractivity contribution < 1.29 is 28.6 Å². The Morgan fingerprint density at radius 2 is 0.636 bits per heavy atom. The summed E-state index contributed by atoms with van der Waals surface area (Å²) >= 11 is 0. The van der Waals surface area contributed by atoms with Crippen molar-refractivity contribution in [3.05, 3.63) is 0 Å². The molecular weight excluding hydrogens is 819 g/mol. The highest BCUT2D eigenvalue weighted by molar-refractivity contribution is 5.72. The zero-order valence-corrected chi connectivity index (χ0v) is 45.4. The molecule has 0 radical (unpaired) electrons. The Morgan fingerprint density at radius 1 is 0.348 bits per heavy atom. The van der Waals surface area contributed by atoms with Gasteiger partial charge in [-0.15, -0.1) is 0 Å². The molecule has 0 aromatic rings. The van der Waals surface area contributed by atoms with Crippen LogP contribution >= 0.6 is 0 Å². The van der Waals surface area contributed by atoms with Gasteiger partial charge in [0.05, 0.1) is 25.0 Å². The zero-order chi connectivity index (χ0) is 48.4. The fraction of sp³-hybridized carbons (Fsp3) is 0.949. The van der Waals surface area contributed by atoms with Crippen molar-refractivity contribution in [3.8, 4) is 0 Å². The van der Waals surface area contributed by atoms with Gasteiger partial charge in [0, 0.05) is 6.42 Å². The van der Waals surface area contributed by atoms with E-state index in [0.717, 1.165) is 122 Å². The highest BCUT2D eigenvalue weighted by atomic mass is 16.5. The van der Waals surface area contributed by atoms with E-state index in [4.69, 9.17) is 14.2 Å². The summed E-state index contributed by atoms with van der Waals surface area (Å²) in [4.78, 5) is 40.9. The third-order valence-corrected chi connectivity index (χ3v) is 13.9. The van der Waals surface area contributed by atoms with Crippen LogP contribution in [-0.2, 0) is 28.6 Å². The molecule has 3 atom stereocenters. The van der Waals surface area contributed by atoms with Gasteiger partial charge in [-0.2, -0.15) is 0 Å². The number of carbonyl (C=O) groups is 3. The monoisotopic (exact) mass is 934 g/mol. The van der Waals surface area contributed by atoms with Crippen LogP contribution in [0.5, 0.6) is 0 Å². The molecule has 3 unspecified atom stereocenters. The second-order valence-electron chi connectivity index (χ2n) is 20.8. The van der Waals surface area contributed by atoms with Crippen LogP contribution in [0.25, 0.3) is 0 Å². The third kappa shape index (κ3) is 44.9. The first kappa shape index (κ1) is 64.4. The average Bonchev–Trinajstić information content (AvgIpc) is 3.30. The number of esters is 3. The van der Waals surface area contributed by atoms with E-state index in [1.165, 1.54) is 161 Å². The predicted octanol–water partition coefficient (Wildman–Crippen LogP) is 18.0. The van der Waals surface area contributed by atoms with Gasteiger partial charge in [0.15, 0.2) is 0 Å². The summed E-state index contributed by atoms with van der Waals surface area (Å²) in [5.74, 6) is 0.287. The van der Waals surface area contributed by atoms with Crippen LogP contribution in [0.2, 0.25) is 0 Å². The van der Waals surface area contributed by atoms with Gasteiger partial charge in [0.1, 0.15) is 6.10 Å². The van der Waals surface area contributed by atoms with E-state index in [2.05, 4.69) is 46.7 Å². The van der Waals surface area contributed by atoms with E-state index in [0.29, 0.717) is 19.6 Å². The standard InChI is InChI=1S/C59H115NO6/c1-7-11-15-19-28-36-46-54(44-34-17-13-9-3)58(62)64-52-42-32-26-22-21-24-30-38-48-56(66-57(61)50-40-41-51-60(5)6)49-39-31-25-23-27-33-43-53-65-59(63)55(45-35-18-14-10-4)47-37-29-20-16-12-8-2/h54-56H,7-53H2,1-6H3. The minimum Gasteiger partial charge on any atom is -0.465 e. The number of hydrogen-bond acceptors (Lipinski definition) is 7. The van der Waals surface area contributed by atoms with Crippen LogP contribution in [0.15, 0.2) is 0 Å². The summed E-state index contributed by atoms with van der Waals surface area (Å²) in [5.41, 5.74) is 0. The fourth-order valence-electron chi connectivity index (χ4n) is 9.42. The van der Waals surface area contributed by atoms with Crippen molar-refractivity contribution in [3.63, 3.8) is 0 Å². The van der Waals surface area contributed by atoms with E-state index in [-0.39, 0.29) is 35.8 Å². The van der Waals surface area contributed by atoms with Crippen LogP contribution in [0.1, 0.15) is 310 Å². The van der Waals surface area contributed by atoms with Crippen LogP contribution in [0.3, 0.4) is 0 Å². The van der Waals surface area contributed by atoms with E-state index in [1.807, 2.05) is 0 Å². The molecule has 7 heteroatoms. The molecule has 0 aliphatic carbocycles. The maximum Gasteiger partial charge on any atom is 0.308 e. The number of unbranched alkanes of at least 4 members (excludes halogenated alkanes) is 30. The van der Waals surface area contributed by atoms with Crippen molar-refractivity contribution in [2.24, 2.45) is 11.8 Å². The molecule has 0 saturated heterocycles. The molecular formula is C59H115NO6. The van der Waals surface area contributed by atoms with E-state index >= 15 is 0 Å². The van der Waals surface area contributed by atoms with Crippen LogP contribution in [0, 0.1) is 11.8 Å². The predicted molar refractivity (Wildman–Crippen MR) is 283 cm³/mol. The van der Waals surface area contributed by atoms with E-state index < -0.39 is 0 Å². The normalized spacial score (nSPS) is 13.0. The summed E-state index contributed by atoms with van der Waals surface area (Å²) in [6.45, 7) is 11.2. The highest BCUT2D eigenvalue weighted by Gasteiger charge is 2.21. The summed E-state index contributed by atoms with van der Waals surface area (Å²) in [6.07, 6.45) is 50.7. The highest BCUT2D eigenvalue weighted by Crippen LogP contribution is 2.23. The second kappa shape index (κ2) is 51.2. The number of carbonyl (C=O) groups excluding carboxylic acids is 3. The summed E-state index contributed by atoms with van der Waals surface area (Å²) < 4.78 is 17.7. The molecule has 7 nitrogen and oxygen atoms in total. The van der Waals surface area contributed by atoms with Gasteiger partial charge >= 0.3 is 17.9 Å². The lowest BCUT2D eigenvalue weighted by Crippen LogP contribution is -2.19.